The molecule has 0 saturated carbocycles. The minimum Gasteiger partial charge on any atom is -0.496 e. The maximum absolute atomic E-state index is 5.78. The second kappa shape index (κ2) is 4.52. The lowest BCUT2D eigenvalue weighted by Gasteiger charge is -2.11. The Balaban J connectivity index is 3.20. The Bertz CT molecular complexity index is 294. The highest BCUT2D eigenvalue weighted by Gasteiger charge is 2.06. The van der Waals surface area contributed by atoms with Gasteiger partial charge in [0.05, 0.1) is 7.11 Å². The smallest absolute Gasteiger partial charge is 0.124 e. The summed E-state index contributed by atoms with van der Waals surface area (Å²) in [5.74, 6) is 1.56. The van der Waals surface area contributed by atoms with Crippen LogP contribution in [0.4, 0.5) is 0 Å². The predicted octanol–water partition coefficient (Wildman–Crippen LogP) is 3.30. The number of ether oxygens (including phenoxy) is 1. The molecule has 1 rings (SSSR count). The van der Waals surface area contributed by atoms with Crippen molar-refractivity contribution in [1.29, 1.82) is 0 Å². The Morgan fingerprint density at radius 1 is 1.38 bits per heavy atom. The average Bonchev–Trinajstić information content (AvgIpc) is 2.16. The molecule has 0 N–H and O–H groups in total. The van der Waals surface area contributed by atoms with Crippen molar-refractivity contribution in [1.82, 2.24) is 0 Å². The molecule has 0 radical (unpaired) electrons. The highest BCUT2D eigenvalue weighted by atomic mass is 35.5. The van der Waals surface area contributed by atoms with Gasteiger partial charge in [0.2, 0.25) is 0 Å². The molecule has 72 valence electrons. The molecule has 0 aliphatic carbocycles. The molecule has 0 saturated heterocycles. The molecule has 2 heteroatoms. The molecule has 0 atom stereocenters. The second-order valence-corrected chi connectivity index (χ2v) is 3.36. The van der Waals surface area contributed by atoms with Gasteiger partial charge in [-0.3, -0.25) is 0 Å². The van der Waals surface area contributed by atoms with E-state index in [-0.39, 0.29) is 0 Å². The van der Waals surface area contributed by atoms with Crippen molar-refractivity contribution >= 4 is 11.6 Å². The van der Waals surface area contributed by atoms with E-state index in [0.29, 0.717) is 5.88 Å². The van der Waals surface area contributed by atoms with Gasteiger partial charge < -0.3 is 4.74 Å². The number of aryl methyl sites for hydroxylation is 2. The molecule has 0 bridgehead atoms. The van der Waals surface area contributed by atoms with Gasteiger partial charge in [0, 0.05) is 5.88 Å². The van der Waals surface area contributed by atoms with E-state index in [4.69, 9.17) is 16.3 Å². The van der Waals surface area contributed by atoms with E-state index >= 15 is 0 Å². The third-order valence-corrected chi connectivity index (χ3v) is 2.46. The number of alkyl halides is 1. The van der Waals surface area contributed by atoms with Gasteiger partial charge >= 0.3 is 0 Å². The first-order chi connectivity index (χ1) is 6.22. The average molecular weight is 199 g/mol. The molecule has 0 fully saturated rings. The van der Waals surface area contributed by atoms with E-state index in [1.54, 1.807) is 7.11 Å². The van der Waals surface area contributed by atoms with Crippen molar-refractivity contribution in [3.05, 3.63) is 28.8 Å². The summed E-state index contributed by atoms with van der Waals surface area (Å²) in [4.78, 5) is 0. The van der Waals surface area contributed by atoms with Gasteiger partial charge in [-0.05, 0) is 30.0 Å². The fourth-order valence-electron chi connectivity index (χ4n) is 1.56. The Morgan fingerprint density at radius 3 is 2.54 bits per heavy atom. The molecule has 1 aromatic carbocycles. The largest absolute Gasteiger partial charge is 0.496 e. The lowest BCUT2D eigenvalue weighted by Crippen LogP contribution is -1.95. The molecule has 0 aliphatic heterocycles. The SMILES string of the molecule is CCc1cc(CCl)cc(C)c1OC. The van der Waals surface area contributed by atoms with E-state index in [2.05, 4.69) is 19.1 Å². The van der Waals surface area contributed by atoms with E-state index in [1.807, 2.05) is 6.92 Å². The topological polar surface area (TPSA) is 9.23 Å². The molecule has 13 heavy (non-hydrogen) atoms. The molecule has 0 amide bonds. The molecule has 1 nitrogen and oxygen atoms in total. The lowest BCUT2D eigenvalue weighted by molar-refractivity contribution is 0.407. The minimum atomic E-state index is 0.567. The van der Waals surface area contributed by atoms with E-state index < -0.39 is 0 Å². The Labute approximate surface area is 84.7 Å². The second-order valence-electron chi connectivity index (χ2n) is 3.09. The zero-order valence-electron chi connectivity index (χ0n) is 8.36. The summed E-state index contributed by atoms with van der Waals surface area (Å²) < 4.78 is 5.32. The monoisotopic (exact) mass is 198 g/mol. The van der Waals surface area contributed by atoms with Crippen LogP contribution in [0.3, 0.4) is 0 Å². The van der Waals surface area contributed by atoms with Crippen LogP contribution in [-0.4, -0.2) is 7.11 Å². The van der Waals surface area contributed by atoms with E-state index in [1.165, 1.54) is 5.56 Å². The fourth-order valence-corrected chi connectivity index (χ4v) is 1.71. The first-order valence-corrected chi connectivity index (χ1v) is 4.98. The third kappa shape index (κ3) is 2.16. The Morgan fingerprint density at radius 2 is 2.08 bits per heavy atom. The first kappa shape index (κ1) is 10.4. The van der Waals surface area contributed by atoms with Crippen molar-refractivity contribution in [3.8, 4) is 5.75 Å². The van der Waals surface area contributed by atoms with Crippen LogP contribution in [0.1, 0.15) is 23.6 Å². The first-order valence-electron chi connectivity index (χ1n) is 4.45. The third-order valence-electron chi connectivity index (χ3n) is 2.15. The normalized spacial score (nSPS) is 10.2. The number of hydrogen-bond acceptors (Lipinski definition) is 1. The van der Waals surface area contributed by atoms with Gasteiger partial charge in [-0.15, -0.1) is 11.6 Å². The van der Waals surface area contributed by atoms with Crippen LogP contribution in [0.25, 0.3) is 0 Å². The predicted molar refractivity (Wildman–Crippen MR) is 56.7 cm³/mol. The molecule has 0 unspecified atom stereocenters. The molecular weight excluding hydrogens is 184 g/mol. The molecule has 0 aliphatic rings. The number of halogens is 1. The van der Waals surface area contributed by atoms with Crippen LogP contribution in [0.5, 0.6) is 5.75 Å². The van der Waals surface area contributed by atoms with Crippen molar-refractivity contribution in [3.63, 3.8) is 0 Å². The van der Waals surface area contributed by atoms with Crippen LogP contribution >= 0.6 is 11.6 Å². The van der Waals surface area contributed by atoms with Crippen molar-refractivity contribution in [2.75, 3.05) is 7.11 Å². The lowest BCUT2D eigenvalue weighted by atomic mass is 10.0. The highest BCUT2D eigenvalue weighted by Crippen LogP contribution is 2.26. The summed E-state index contributed by atoms with van der Waals surface area (Å²) in [6.45, 7) is 4.17. The standard InChI is InChI=1S/C11H15ClO/c1-4-10-6-9(7-12)5-8(2)11(10)13-3/h5-6H,4,7H2,1-3H3. The van der Waals surface area contributed by atoms with Gasteiger partial charge in [-0.2, -0.15) is 0 Å². The molecule has 0 aromatic heterocycles. The Kier molecular flexibility index (Phi) is 3.61. The summed E-state index contributed by atoms with van der Waals surface area (Å²) in [6, 6.07) is 4.18. The summed E-state index contributed by atoms with van der Waals surface area (Å²) in [5.41, 5.74) is 3.56. The van der Waals surface area contributed by atoms with Crippen molar-refractivity contribution in [2.45, 2.75) is 26.1 Å². The minimum absolute atomic E-state index is 0.567. The van der Waals surface area contributed by atoms with Crippen LogP contribution in [-0.2, 0) is 12.3 Å². The van der Waals surface area contributed by atoms with Crippen LogP contribution in [0.2, 0.25) is 0 Å². The summed E-state index contributed by atoms with van der Waals surface area (Å²) in [6.07, 6.45) is 0.981. The molecule has 1 aromatic rings. The number of hydrogen-bond donors (Lipinski definition) is 0. The zero-order chi connectivity index (χ0) is 9.84. The van der Waals surface area contributed by atoms with E-state index in [0.717, 1.165) is 23.3 Å². The molecule has 0 heterocycles. The maximum Gasteiger partial charge on any atom is 0.124 e. The van der Waals surface area contributed by atoms with Crippen LogP contribution in [0, 0.1) is 6.92 Å². The number of rotatable bonds is 3. The number of methoxy groups -OCH3 is 1. The van der Waals surface area contributed by atoms with Crippen molar-refractivity contribution in [2.24, 2.45) is 0 Å². The van der Waals surface area contributed by atoms with Crippen LogP contribution in [0.15, 0.2) is 12.1 Å². The number of benzene rings is 1. The molecule has 0 spiro atoms. The quantitative estimate of drug-likeness (QED) is 0.678. The summed E-state index contributed by atoms with van der Waals surface area (Å²) in [7, 11) is 1.71. The fraction of sp³-hybridized carbons (Fsp3) is 0.455. The van der Waals surface area contributed by atoms with E-state index in [9.17, 15) is 0 Å². The summed E-state index contributed by atoms with van der Waals surface area (Å²) >= 11 is 5.78. The van der Waals surface area contributed by atoms with Gasteiger partial charge in [0.1, 0.15) is 5.75 Å². The zero-order valence-corrected chi connectivity index (χ0v) is 9.11. The highest BCUT2D eigenvalue weighted by molar-refractivity contribution is 6.17. The van der Waals surface area contributed by atoms with Crippen LogP contribution < -0.4 is 4.74 Å². The van der Waals surface area contributed by atoms with Gasteiger partial charge in [0.15, 0.2) is 0 Å². The van der Waals surface area contributed by atoms with Crippen molar-refractivity contribution < 1.29 is 4.74 Å². The molecular formula is C11H15ClO. The van der Waals surface area contributed by atoms with Gasteiger partial charge in [-0.25, -0.2) is 0 Å². The van der Waals surface area contributed by atoms with Gasteiger partial charge in [-0.1, -0.05) is 19.1 Å². The Hall–Kier alpha value is -0.690. The summed E-state index contributed by atoms with van der Waals surface area (Å²) in [5, 5.41) is 0. The maximum atomic E-state index is 5.78. The van der Waals surface area contributed by atoms with Gasteiger partial charge in [0.25, 0.3) is 0 Å².